The summed E-state index contributed by atoms with van der Waals surface area (Å²) in [6, 6.07) is 9.99. The van der Waals surface area contributed by atoms with Crippen molar-refractivity contribution in [3.63, 3.8) is 0 Å². The molecule has 0 bridgehead atoms. The van der Waals surface area contributed by atoms with Crippen LogP contribution in [0.2, 0.25) is 5.02 Å². The second kappa shape index (κ2) is 8.03. The van der Waals surface area contributed by atoms with Crippen LogP contribution in [0.5, 0.6) is 0 Å². The summed E-state index contributed by atoms with van der Waals surface area (Å²) in [6.45, 7) is 1.29. The van der Waals surface area contributed by atoms with Crippen molar-refractivity contribution in [1.82, 2.24) is 10.2 Å². The van der Waals surface area contributed by atoms with Gasteiger partial charge in [-0.2, -0.15) is 0 Å². The molecule has 1 N–H and O–H groups in total. The lowest BCUT2D eigenvalue weighted by Gasteiger charge is -2.33. The van der Waals surface area contributed by atoms with Gasteiger partial charge in [0.15, 0.2) is 0 Å². The lowest BCUT2D eigenvalue weighted by molar-refractivity contribution is -0.121. The number of likely N-dealkylation sites (tertiary alicyclic amines) is 1. The average molecular weight is 418 g/mol. The van der Waals surface area contributed by atoms with Gasteiger partial charge in [-0.15, -0.1) is 11.3 Å². The van der Waals surface area contributed by atoms with Gasteiger partial charge in [-0.05, 0) is 48.6 Å². The third-order valence-corrected chi connectivity index (χ3v) is 6.29. The molecule has 8 heteroatoms. The van der Waals surface area contributed by atoms with Gasteiger partial charge in [-0.25, -0.2) is 4.90 Å². The van der Waals surface area contributed by atoms with Gasteiger partial charge in [-0.3, -0.25) is 14.4 Å². The molecule has 3 heterocycles. The van der Waals surface area contributed by atoms with E-state index < -0.39 is 6.04 Å². The quantitative estimate of drug-likeness (QED) is 0.776. The molecule has 2 fully saturated rings. The summed E-state index contributed by atoms with van der Waals surface area (Å²) in [5.74, 6) is -0.381. The molecule has 28 heavy (non-hydrogen) atoms. The van der Waals surface area contributed by atoms with E-state index in [1.165, 1.54) is 16.2 Å². The summed E-state index contributed by atoms with van der Waals surface area (Å²) < 4.78 is 0. The minimum Gasteiger partial charge on any atom is -0.338 e. The van der Waals surface area contributed by atoms with E-state index in [9.17, 15) is 14.4 Å². The van der Waals surface area contributed by atoms with Crippen LogP contribution in [0.3, 0.4) is 0 Å². The SMILES string of the molecule is O=C(c1cccs1)N1CCC(N[C@H]2CC(=O)N(c3ccc(Cl)cc3)C2=O)CC1. The predicted molar refractivity (Wildman–Crippen MR) is 109 cm³/mol. The fourth-order valence-electron chi connectivity index (χ4n) is 3.71. The van der Waals surface area contributed by atoms with Crippen molar-refractivity contribution in [2.45, 2.75) is 31.3 Å². The average Bonchev–Trinajstić information content (AvgIpc) is 3.32. The van der Waals surface area contributed by atoms with Crippen LogP contribution in [0.4, 0.5) is 5.69 Å². The molecule has 6 nitrogen and oxygen atoms in total. The van der Waals surface area contributed by atoms with E-state index in [-0.39, 0.29) is 30.2 Å². The highest BCUT2D eigenvalue weighted by atomic mass is 35.5. The summed E-state index contributed by atoms with van der Waals surface area (Å²) in [5.41, 5.74) is 0.542. The van der Waals surface area contributed by atoms with Crippen molar-refractivity contribution in [3.8, 4) is 0 Å². The molecule has 1 aromatic heterocycles. The summed E-state index contributed by atoms with van der Waals surface area (Å²) in [5, 5.41) is 5.79. The van der Waals surface area contributed by atoms with E-state index in [0.29, 0.717) is 23.8 Å². The van der Waals surface area contributed by atoms with Gasteiger partial charge in [0, 0.05) is 24.2 Å². The number of imide groups is 1. The Morgan fingerprint density at radius 3 is 2.46 bits per heavy atom. The van der Waals surface area contributed by atoms with Gasteiger partial charge in [0.2, 0.25) is 5.91 Å². The third kappa shape index (κ3) is 3.83. The molecule has 0 saturated carbocycles. The maximum atomic E-state index is 12.7. The van der Waals surface area contributed by atoms with Crippen molar-refractivity contribution < 1.29 is 14.4 Å². The zero-order valence-electron chi connectivity index (χ0n) is 15.1. The van der Waals surface area contributed by atoms with Crippen LogP contribution in [-0.4, -0.2) is 47.8 Å². The minimum atomic E-state index is -0.521. The second-order valence-electron chi connectivity index (χ2n) is 7.01. The van der Waals surface area contributed by atoms with Crippen molar-refractivity contribution in [2.75, 3.05) is 18.0 Å². The Morgan fingerprint density at radius 1 is 1.11 bits per heavy atom. The highest BCUT2D eigenvalue weighted by Gasteiger charge is 2.40. The van der Waals surface area contributed by atoms with Crippen LogP contribution in [0, 0.1) is 0 Å². The van der Waals surface area contributed by atoms with Gasteiger partial charge in [0.1, 0.15) is 0 Å². The van der Waals surface area contributed by atoms with E-state index in [0.717, 1.165) is 17.7 Å². The Bertz CT molecular complexity index is 877. The van der Waals surface area contributed by atoms with Crippen LogP contribution in [0.1, 0.15) is 28.9 Å². The maximum Gasteiger partial charge on any atom is 0.263 e. The first-order valence-electron chi connectivity index (χ1n) is 9.24. The molecule has 3 amide bonds. The standard InChI is InChI=1S/C20H20ClN3O3S/c21-13-3-5-15(6-4-13)24-18(25)12-16(19(24)26)22-14-7-9-23(10-8-14)20(27)17-2-1-11-28-17/h1-6,11,14,16,22H,7-10,12H2/t16-/m0/s1. The molecule has 2 aromatic rings. The monoisotopic (exact) mass is 417 g/mol. The normalized spacial score (nSPS) is 20.8. The van der Waals surface area contributed by atoms with Gasteiger partial charge in [-0.1, -0.05) is 17.7 Å². The zero-order valence-corrected chi connectivity index (χ0v) is 16.7. The fourth-order valence-corrected chi connectivity index (χ4v) is 4.53. The number of carbonyl (C=O) groups is 3. The smallest absolute Gasteiger partial charge is 0.263 e. The molecule has 0 radical (unpaired) electrons. The molecule has 0 aliphatic carbocycles. The number of benzene rings is 1. The number of hydrogen-bond acceptors (Lipinski definition) is 5. The Kier molecular flexibility index (Phi) is 5.48. The largest absolute Gasteiger partial charge is 0.338 e. The maximum absolute atomic E-state index is 12.7. The third-order valence-electron chi connectivity index (χ3n) is 5.18. The van der Waals surface area contributed by atoms with Crippen molar-refractivity contribution in [3.05, 3.63) is 51.7 Å². The molecule has 0 spiro atoms. The van der Waals surface area contributed by atoms with Gasteiger partial charge < -0.3 is 10.2 Å². The van der Waals surface area contributed by atoms with Crippen LogP contribution in [-0.2, 0) is 9.59 Å². The number of halogens is 1. The summed E-state index contributed by atoms with van der Waals surface area (Å²) >= 11 is 7.34. The van der Waals surface area contributed by atoms with Crippen molar-refractivity contribution in [2.24, 2.45) is 0 Å². The van der Waals surface area contributed by atoms with Gasteiger partial charge in [0.05, 0.1) is 23.0 Å². The van der Waals surface area contributed by atoms with E-state index in [1.807, 2.05) is 22.4 Å². The zero-order chi connectivity index (χ0) is 19.7. The Balaban J connectivity index is 1.34. The number of piperidine rings is 1. The number of thiophene rings is 1. The highest BCUT2D eigenvalue weighted by Crippen LogP contribution is 2.25. The Labute approximate surface area is 172 Å². The lowest BCUT2D eigenvalue weighted by atomic mass is 10.0. The molecule has 1 atom stereocenters. The summed E-state index contributed by atoms with van der Waals surface area (Å²) in [7, 11) is 0. The molecule has 2 aliphatic heterocycles. The Hall–Kier alpha value is -2.22. The number of hydrogen-bond donors (Lipinski definition) is 1. The van der Waals surface area contributed by atoms with Gasteiger partial charge in [0.25, 0.3) is 11.8 Å². The summed E-state index contributed by atoms with van der Waals surface area (Å²) in [6.07, 6.45) is 1.67. The van der Waals surface area contributed by atoms with Gasteiger partial charge >= 0.3 is 0 Å². The molecule has 1 aromatic carbocycles. The predicted octanol–water partition coefficient (Wildman–Crippen LogP) is 2.93. The Morgan fingerprint density at radius 2 is 1.82 bits per heavy atom. The topological polar surface area (TPSA) is 69.7 Å². The molecule has 4 rings (SSSR count). The number of nitrogens with zero attached hydrogens (tertiary/aromatic N) is 2. The number of anilines is 1. The number of nitrogens with one attached hydrogen (secondary N) is 1. The van der Waals surface area contributed by atoms with Crippen LogP contribution < -0.4 is 10.2 Å². The van der Waals surface area contributed by atoms with E-state index >= 15 is 0 Å². The lowest BCUT2D eigenvalue weighted by Crippen LogP contribution is -2.49. The number of rotatable bonds is 4. The first-order chi connectivity index (χ1) is 13.5. The second-order valence-corrected chi connectivity index (χ2v) is 8.40. The molecule has 2 aliphatic rings. The number of amides is 3. The van der Waals surface area contributed by atoms with E-state index in [2.05, 4.69) is 5.32 Å². The molecule has 146 valence electrons. The van der Waals surface area contributed by atoms with Crippen LogP contribution in [0.25, 0.3) is 0 Å². The molecular weight excluding hydrogens is 398 g/mol. The van der Waals surface area contributed by atoms with Crippen molar-refractivity contribution >= 4 is 46.3 Å². The van der Waals surface area contributed by atoms with E-state index in [1.54, 1.807) is 24.3 Å². The van der Waals surface area contributed by atoms with Crippen molar-refractivity contribution in [1.29, 1.82) is 0 Å². The highest BCUT2D eigenvalue weighted by molar-refractivity contribution is 7.12. The van der Waals surface area contributed by atoms with E-state index in [4.69, 9.17) is 11.6 Å². The first kappa shape index (κ1) is 19.1. The summed E-state index contributed by atoms with van der Waals surface area (Å²) in [4.78, 5) is 41.4. The number of carbonyl (C=O) groups excluding carboxylic acids is 3. The first-order valence-corrected chi connectivity index (χ1v) is 10.5. The minimum absolute atomic E-state index is 0.0643. The van der Waals surface area contributed by atoms with Crippen LogP contribution >= 0.6 is 22.9 Å². The molecule has 0 unspecified atom stereocenters. The molecular formula is C20H20ClN3O3S. The van der Waals surface area contributed by atoms with Crippen LogP contribution in [0.15, 0.2) is 41.8 Å². The molecule has 2 saturated heterocycles. The fraction of sp³-hybridized carbons (Fsp3) is 0.350.